The van der Waals surface area contributed by atoms with Gasteiger partial charge in [0.1, 0.15) is 0 Å². The van der Waals surface area contributed by atoms with Gasteiger partial charge in [-0.3, -0.25) is 4.98 Å². The number of para-hydroxylation sites is 1. The number of hydrogen-bond acceptors (Lipinski definition) is 3. The summed E-state index contributed by atoms with van der Waals surface area (Å²) in [7, 11) is 4.25. The molecule has 0 amide bonds. The molecule has 3 heteroatoms. The van der Waals surface area contributed by atoms with Crippen molar-refractivity contribution >= 4 is 10.9 Å². The lowest BCUT2D eigenvalue weighted by atomic mass is 9.93. The highest BCUT2D eigenvalue weighted by atomic mass is 15.1. The minimum atomic E-state index is 0.265. The topological polar surface area (TPSA) is 28.2 Å². The van der Waals surface area contributed by atoms with E-state index in [2.05, 4.69) is 74.3 Å². The molecular formula is C18H27N3. The summed E-state index contributed by atoms with van der Waals surface area (Å²) in [5.41, 5.74) is 3.76. The van der Waals surface area contributed by atoms with Gasteiger partial charge in [-0.15, -0.1) is 0 Å². The highest BCUT2D eigenvalue weighted by Crippen LogP contribution is 2.19. The fourth-order valence-corrected chi connectivity index (χ4v) is 2.99. The third kappa shape index (κ3) is 4.51. The minimum absolute atomic E-state index is 0.265. The monoisotopic (exact) mass is 285 g/mol. The fourth-order valence-electron chi connectivity index (χ4n) is 2.99. The summed E-state index contributed by atoms with van der Waals surface area (Å²) in [5.74, 6) is 0. The molecule has 3 nitrogen and oxygen atoms in total. The highest BCUT2D eigenvalue weighted by Gasteiger charge is 2.18. The Morgan fingerprint density at radius 3 is 2.62 bits per heavy atom. The fraction of sp³-hybridized carbons (Fsp3) is 0.500. The Bertz CT molecular complexity index is 602. The smallest absolute Gasteiger partial charge is 0.0708 e. The van der Waals surface area contributed by atoms with Crippen molar-refractivity contribution in [2.75, 3.05) is 27.2 Å². The van der Waals surface area contributed by atoms with Crippen LogP contribution in [0.25, 0.3) is 10.9 Å². The summed E-state index contributed by atoms with van der Waals surface area (Å²) >= 11 is 0. The summed E-state index contributed by atoms with van der Waals surface area (Å²) in [6.07, 6.45) is 0. The van der Waals surface area contributed by atoms with E-state index in [1.807, 2.05) is 6.07 Å². The van der Waals surface area contributed by atoms with Crippen LogP contribution in [-0.2, 0) is 6.54 Å². The Labute approximate surface area is 128 Å². The standard InChI is InChI=1S/C18H27N3/c1-14-10-15(16-8-6-7-9-17(16)20-14)11-19-12-18(2,3)13-21(4)5/h6-10,19H,11-13H2,1-5H3. The van der Waals surface area contributed by atoms with Crippen molar-refractivity contribution < 1.29 is 0 Å². The number of rotatable bonds is 6. The van der Waals surface area contributed by atoms with Gasteiger partial charge < -0.3 is 10.2 Å². The highest BCUT2D eigenvalue weighted by molar-refractivity contribution is 5.82. The molecule has 2 rings (SSSR count). The zero-order valence-electron chi connectivity index (χ0n) is 13.9. The average Bonchev–Trinajstić information content (AvgIpc) is 2.36. The molecule has 1 aromatic heterocycles. The van der Waals surface area contributed by atoms with Gasteiger partial charge in [0.2, 0.25) is 0 Å². The number of aryl methyl sites for hydroxylation is 1. The van der Waals surface area contributed by atoms with Crippen molar-refractivity contribution in [3.63, 3.8) is 0 Å². The van der Waals surface area contributed by atoms with Gasteiger partial charge in [0, 0.05) is 30.7 Å². The maximum absolute atomic E-state index is 4.60. The van der Waals surface area contributed by atoms with E-state index < -0.39 is 0 Å². The molecule has 1 aromatic carbocycles. The Hall–Kier alpha value is -1.45. The van der Waals surface area contributed by atoms with Gasteiger partial charge in [-0.25, -0.2) is 0 Å². The SMILES string of the molecule is Cc1cc(CNCC(C)(C)CN(C)C)c2ccccc2n1. The molecule has 0 saturated carbocycles. The van der Waals surface area contributed by atoms with E-state index in [1.165, 1.54) is 10.9 Å². The van der Waals surface area contributed by atoms with E-state index in [1.54, 1.807) is 0 Å². The lowest BCUT2D eigenvalue weighted by Crippen LogP contribution is -2.37. The first-order valence-electron chi connectivity index (χ1n) is 7.58. The van der Waals surface area contributed by atoms with Crippen LogP contribution in [0.4, 0.5) is 0 Å². The van der Waals surface area contributed by atoms with Crippen LogP contribution in [0.15, 0.2) is 30.3 Å². The lowest BCUT2D eigenvalue weighted by molar-refractivity contribution is 0.232. The molecule has 0 saturated heterocycles. The summed E-state index contributed by atoms with van der Waals surface area (Å²) in [4.78, 5) is 6.84. The second-order valence-electron chi connectivity index (χ2n) is 6.95. The average molecular weight is 285 g/mol. The number of nitrogens with one attached hydrogen (secondary N) is 1. The molecule has 0 bridgehead atoms. The van der Waals surface area contributed by atoms with Gasteiger partial charge in [0.25, 0.3) is 0 Å². The number of aromatic nitrogens is 1. The van der Waals surface area contributed by atoms with Gasteiger partial charge in [-0.2, -0.15) is 0 Å². The molecular weight excluding hydrogens is 258 g/mol. The number of fused-ring (bicyclic) bond motifs is 1. The molecule has 1 N–H and O–H groups in total. The van der Waals surface area contributed by atoms with Crippen molar-refractivity contribution in [1.29, 1.82) is 0 Å². The van der Waals surface area contributed by atoms with Crippen LogP contribution in [0.1, 0.15) is 25.1 Å². The summed E-state index contributed by atoms with van der Waals surface area (Å²) in [6, 6.07) is 10.6. The van der Waals surface area contributed by atoms with Gasteiger partial charge in [-0.05, 0) is 44.1 Å². The van der Waals surface area contributed by atoms with Crippen LogP contribution < -0.4 is 5.32 Å². The molecule has 0 unspecified atom stereocenters. The molecule has 0 fully saturated rings. The van der Waals surface area contributed by atoms with E-state index in [-0.39, 0.29) is 5.41 Å². The maximum Gasteiger partial charge on any atom is 0.0708 e. The first-order valence-corrected chi connectivity index (χ1v) is 7.58. The molecule has 114 valence electrons. The Morgan fingerprint density at radius 2 is 1.90 bits per heavy atom. The van der Waals surface area contributed by atoms with E-state index in [9.17, 15) is 0 Å². The second kappa shape index (κ2) is 6.54. The Balaban J connectivity index is 2.07. The first kappa shape index (κ1) is 15.9. The first-order chi connectivity index (χ1) is 9.87. The van der Waals surface area contributed by atoms with E-state index >= 15 is 0 Å². The molecule has 2 aromatic rings. The van der Waals surface area contributed by atoms with Crippen LogP contribution in [0, 0.1) is 12.3 Å². The zero-order chi connectivity index (χ0) is 15.5. The molecule has 0 aliphatic rings. The van der Waals surface area contributed by atoms with E-state index in [0.29, 0.717) is 0 Å². The number of pyridine rings is 1. The molecule has 0 spiro atoms. The molecule has 0 aliphatic heterocycles. The van der Waals surface area contributed by atoms with Crippen LogP contribution in [0.5, 0.6) is 0 Å². The van der Waals surface area contributed by atoms with Gasteiger partial charge in [0.15, 0.2) is 0 Å². The van der Waals surface area contributed by atoms with Gasteiger partial charge >= 0.3 is 0 Å². The van der Waals surface area contributed by atoms with Crippen molar-refractivity contribution in [3.8, 4) is 0 Å². The quantitative estimate of drug-likeness (QED) is 0.883. The number of nitrogens with zero attached hydrogens (tertiary/aromatic N) is 2. The third-order valence-corrected chi connectivity index (χ3v) is 3.59. The second-order valence-corrected chi connectivity index (χ2v) is 6.95. The predicted molar refractivity (Wildman–Crippen MR) is 90.5 cm³/mol. The maximum atomic E-state index is 4.60. The van der Waals surface area contributed by atoms with Crippen LogP contribution in [0.3, 0.4) is 0 Å². The summed E-state index contributed by atoms with van der Waals surface area (Å²) < 4.78 is 0. The predicted octanol–water partition coefficient (Wildman–Crippen LogP) is 3.22. The summed E-state index contributed by atoms with van der Waals surface area (Å²) in [5, 5.41) is 4.86. The van der Waals surface area contributed by atoms with Gasteiger partial charge in [0.05, 0.1) is 5.52 Å². The summed E-state index contributed by atoms with van der Waals surface area (Å²) in [6.45, 7) is 9.63. The molecule has 1 heterocycles. The Morgan fingerprint density at radius 1 is 1.19 bits per heavy atom. The van der Waals surface area contributed by atoms with E-state index in [4.69, 9.17) is 0 Å². The normalized spacial score (nSPS) is 12.3. The zero-order valence-corrected chi connectivity index (χ0v) is 13.9. The van der Waals surface area contributed by atoms with Gasteiger partial charge in [-0.1, -0.05) is 32.0 Å². The van der Waals surface area contributed by atoms with Crippen molar-refractivity contribution in [2.45, 2.75) is 27.3 Å². The third-order valence-electron chi connectivity index (χ3n) is 3.59. The number of benzene rings is 1. The molecule has 0 atom stereocenters. The largest absolute Gasteiger partial charge is 0.312 e. The van der Waals surface area contributed by atoms with E-state index in [0.717, 1.165) is 30.8 Å². The molecule has 0 aliphatic carbocycles. The van der Waals surface area contributed by atoms with Crippen LogP contribution in [0.2, 0.25) is 0 Å². The minimum Gasteiger partial charge on any atom is -0.312 e. The molecule has 0 radical (unpaired) electrons. The molecule has 21 heavy (non-hydrogen) atoms. The lowest BCUT2D eigenvalue weighted by Gasteiger charge is -2.28. The van der Waals surface area contributed by atoms with Crippen LogP contribution in [-0.4, -0.2) is 37.1 Å². The van der Waals surface area contributed by atoms with Crippen LogP contribution >= 0.6 is 0 Å². The Kier molecular flexibility index (Phi) is 4.96. The van der Waals surface area contributed by atoms with Crippen molar-refractivity contribution in [1.82, 2.24) is 15.2 Å². The number of hydrogen-bond donors (Lipinski definition) is 1. The van der Waals surface area contributed by atoms with Crippen molar-refractivity contribution in [2.24, 2.45) is 5.41 Å². The van der Waals surface area contributed by atoms with Crippen molar-refractivity contribution in [3.05, 3.63) is 41.6 Å².